The van der Waals surface area contributed by atoms with Crippen LogP contribution in [-0.2, 0) is 6.54 Å². The summed E-state index contributed by atoms with van der Waals surface area (Å²) in [5.74, 6) is -0.638. The van der Waals surface area contributed by atoms with E-state index >= 15 is 0 Å². The van der Waals surface area contributed by atoms with Crippen molar-refractivity contribution in [3.8, 4) is 11.5 Å². The lowest BCUT2D eigenvalue weighted by Gasteiger charge is -2.04. The van der Waals surface area contributed by atoms with E-state index in [0.29, 0.717) is 22.6 Å². The molecule has 7 nitrogen and oxygen atoms in total. The fourth-order valence-electron chi connectivity index (χ4n) is 2.38. The third kappa shape index (κ3) is 2.31. The van der Waals surface area contributed by atoms with Crippen molar-refractivity contribution in [2.45, 2.75) is 6.54 Å². The number of fused-ring (bicyclic) bond motifs is 1. The molecule has 4 aromatic rings. The van der Waals surface area contributed by atoms with Crippen LogP contribution in [0, 0.1) is 11.6 Å². The number of tetrazole rings is 1. The number of halogens is 2. The van der Waals surface area contributed by atoms with E-state index in [0.717, 1.165) is 18.2 Å². The highest BCUT2D eigenvalue weighted by Gasteiger charge is 2.17. The van der Waals surface area contributed by atoms with Crippen molar-refractivity contribution in [1.82, 2.24) is 35.4 Å². The molecule has 0 unspecified atom stereocenters. The summed E-state index contributed by atoms with van der Waals surface area (Å²) in [6.07, 6.45) is 1.60. The van der Waals surface area contributed by atoms with Crippen LogP contribution in [0.1, 0.15) is 5.56 Å². The summed E-state index contributed by atoms with van der Waals surface area (Å²) >= 11 is 0. The Morgan fingerprint density at radius 3 is 2.91 bits per heavy atom. The van der Waals surface area contributed by atoms with Crippen LogP contribution in [0.4, 0.5) is 8.78 Å². The second-order valence-electron chi connectivity index (χ2n) is 4.87. The molecule has 0 radical (unpaired) electrons. The van der Waals surface area contributed by atoms with Gasteiger partial charge in [-0.15, -0.1) is 5.10 Å². The molecule has 4 rings (SSSR count). The molecular weight excluding hydrogens is 304 g/mol. The van der Waals surface area contributed by atoms with Crippen molar-refractivity contribution in [1.29, 1.82) is 0 Å². The molecule has 114 valence electrons. The fraction of sp³-hybridized carbons (Fsp3) is 0.0714. The molecule has 3 aromatic heterocycles. The van der Waals surface area contributed by atoms with Crippen LogP contribution in [0.15, 0.2) is 36.5 Å². The number of pyridine rings is 1. The van der Waals surface area contributed by atoms with E-state index < -0.39 is 11.6 Å². The molecule has 0 spiro atoms. The summed E-state index contributed by atoms with van der Waals surface area (Å²) in [5, 5.41) is 18.6. The lowest BCUT2D eigenvalue weighted by molar-refractivity contribution is 0.569. The van der Waals surface area contributed by atoms with Crippen LogP contribution in [0.25, 0.3) is 22.6 Å². The highest BCUT2D eigenvalue weighted by atomic mass is 19.1. The van der Waals surface area contributed by atoms with Crippen LogP contribution >= 0.6 is 0 Å². The molecule has 9 heteroatoms. The van der Waals surface area contributed by atoms with Crippen LogP contribution in [0.5, 0.6) is 0 Å². The SMILES string of the molecule is Fc1ccc(F)c(Cn2nc(-c3nnn[nH]3)c3cccnc32)c1. The fourth-order valence-corrected chi connectivity index (χ4v) is 2.38. The molecule has 1 aromatic carbocycles. The van der Waals surface area contributed by atoms with Gasteiger partial charge in [0, 0.05) is 11.8 Å². The van der Waals surface area contributed by atoms with Gasteiger partial charge >= 0.3 is 0 Å². The second kappa shape index (κ2) is 5.20. The molecule has 0 aliphatic heterocycles. The Hall–Kier alpha value is -3.23. The van der Waals surface area contributed by atoms with Gasteiger partial charge in [0.2, 0.25) is 5.82 Å². The zero-order valence-electron chi connectivity index (χ0n) is 11.6. The lowest BCUT2D eigenvalue weighted by Crippen LogP contribution is -2.05. The quantitative estimate of drug-likeness (QED) is 0.625. The summed E-state index contributed by atoms with van der Waals surface area (Å²) in [5.41, 5.74) is 1.21. The molecule has 0 bridgehead atoms. The monoisotopic (exact) mass is 313 g/mol. The Balaban J connectivity index is 1.86. The smallest absolute Gasteiger partial charge is 0.200 e. The van der Waals surface area contributed by atoms with Crippen molar-refractivity contribution in [2.75, 3.05) is 0 Å². The van der Waals surface area contributed by atoms with Gasteiger partial charge in [0.25, 0.3) is 0 Å². The largest absolute Gasteiger partial charge is 0.242 e. The average molecular weight is 313 g/mol. The zero-order valence-corrected chi connectivity index (χ0v) is 11.6. The molecule has 23 heavy (non-hydrogen) atoms. The summed E-state index contributed by atoms with van der Waals surface area (Å²) < 4.78 is 28.7. The van der Waals surface area contributed by atoms with E-state index in [1.54, 1.807) is 12.3 Å². The van der Waals surface area contributed by atoms with Crippen LogP contribution in [-0.4, -0.2) is 35.4 Å². The predicted molar refractivity (Wildman–Crippen MR) is 76.2 cm³/mol. The number of nitrogens with one attached hydrogen (secondary N) is 1. The molecule has 3 heterocycles. The van der Waals surface area contributed by atoms with Gasteiger partial charge in [0.1, 0.15) is 17.3 Å². The highest BCUT2D eigenvalue weighted by molar-refractivity contribution is 5.88. The topological polar surface area (TPSA) is 85.2 Å². The zero-order chi connectivity index (χ0) is 15.8. The maximum absolute atomic E-state index is 13.9. The van der Waals surface area contributed by atoms with Gasteiger partial charge in [-0.25, -0.2) is 23.5 Å². The van der Waals surface area contributed by atoms with Crippen molar-refractivity contribution in [3.63, 3.8) is 0 Å². The molecule has 0 atom stereocenters. The van der Waals surface area contributed by atoms with Gasteiger partial charge in [-0.1, -0.05) is 0 Å². The van der Waals surface area contributed by atoms with E-state index in [2.05, 4.69) is 30.7 Å². The second-order valence-corrected chi connectivity index (χ2v) is 4.87. The number of rotatable bonds is 3. The van der Waals surface area contributed by atoms with E-state index in [-0.39, 0.29) is 12.1 Å². The Kier molecular flexibility index (Phi) is 3.04. The number of aromatic nitrogens is 7. The molecular formula is C14H9F2N7. The van der Waals surface area contributed by atoms with Crippen LogP contribution in [0.3, 0.4) is 0 Å². The number of nitrogens with zero attached hydrogens (tertiary/aromatic N) is 6. The van der Waals surface area contributed by atoms with E-state index in [9.17, 15) is 8.78 Å². The van der Waals surface area contributed by atoms with Crippen molar-refractivity contribution < 1.29 is 8.78 Å². The number of aromatic amines is 1. The van der Waals surface area contributed by atoms with Gasteiger partial charge in [0.05, 0.1) is 11.9 Å². The first kappa shape index (κ1) is 13.4. The molecule has 0 aliphatic carbocycles. The minimum atomic E-state index is -0.509. The van der Waals surface area contributed by atoms with E-state index in [4.69, 9.17) is 0 Å². The van der Waals surface area contributed by atoms with E-state index in [1.165, 1.54) is 4.68 Å². The highest BCUT2D eigenvalue weighted by Crippen LogP contribution is 2.24. The Labute approximate surface area is 128 Å². The van der Waals surface area contributed by atoms with Crippen molar-refractivity contribution in [3.05, 3.63) is 53.7 Å². The first-order chi connectivity index (χ1) is 11.2. The summed E-state index contributed by atoms with van der Waals surface area (Å²) in [4.78, 5) is 4.26. The first-order valence-electron chi connectivity index (χ1n) is 6.72. The number of benzene rings is 1. The lowest BCUT2D eigenvalue weighted by atomic mass is 10.2. The standard InChI is InChI=1S/C14H9F2N7/c15-9-3-4-11(16)8(6-9)7-23-14-10(2-1-5-17-14)12(20-23)13-18-21-22-19-13/h1-6H,7H2,(H,18,19,21,22). The maximum Gasteiger partial charge on any atom is 0.200 e. The number of H-pyrrole nitrogens is 1. The van der Waals surface area contributed by atoms with E-state index in [1.807, 2.05) is 6.07 Å². The molecule has 0 fully saturated rings. The maximum atomic E-state index is 13.9. The first-order valence-corrected chi connectivity index (χ1v) is 6.72. The minimum absolute atomic E-state index is 0.0403. The minimum Gasteiger partial charge on any atom is -0.242 e. The number of hydrogen-bond donors (Lipinski definition) is 1. The molecule has 0 aliphatic rings. The van der Waals surface area contributed by atoms with Gasteiger partial charge in [-0.3, -0.25) is 0 Å². The van der Waals surface area contributed by atoms with Gasteiger partial charge < -0.3 is 0 Å². The number of hydrogen-bond acceptors (Lipinski definition) is 5. The third-order valence-corrected chi connectivity index (χ3v) is 3.40. The van der Waals surface area contributed by atoms with Gasteiger partial charge in [-0.05, 0) is 40.8 Å². The molecule has 1 N–H and O–H groups in total. The molecule has 0 amide bonds. The normalized spacial score (nSPS) is 11.2. The molecule has 0 saturated carbocycles. The van der Waals surface area contributed by atoms with Gasteiger partial charge in [0.15, 0.2) is 5.65 Å². The summed E-state index contributed by atoms with van der Waals surface area (Å²) in [6, 6.07) is 6.87. The predicted octanol–water partition coefficient (Wildman–Crippen LogP) is 1.94. The Morgan fingerprint density at radius 1 is 1.17 bits per heavy atom. The molecule has 0 saturated heterocycles. The van der Waals surface area contributed by atoms with Crippen LogP contribution in [0.2, 0.25) is 0 Å². The Morgan fingerprint density at radius 2 is 2.09 bits per heavy atom. The van der Waals surface area contributed by atoms with Gasteiger partial charge in [-0.2, -0.15) is 5.10 Å². The van der Waals surface area contributed by atoms with Crippen LogP contribution < -0.4 is 0 Å². The summed E-state index contributed by atoms with van der Waals surface area (Å²) in [6.45, 7) is 0.0403. The van der Waals surface area contributed by atoms with Crippen molar-refractivity contribution >= 4 is 11.0 Å². The third-order valence-electron chi connectivity index (χ3n) is 3.40. The summed E-state index contributed by atoms with van der Waals surface area (Å²) in [7, 11) is 0. The average Bonchev–Trinajstić information content (AvgIpc) is 3.19. The van der Waals surface area contributed by atoms with Crippen molar-refractivity contribution in [2.24, 2.45) is 0 Å². The Bertz CT molecular complexity index is 978.